The number of amides is 1. The van der Waals surface area contributed by atoms with Gasteiger partial charge in [-0.15, -0.1) is 0 Å². The van der Waals surface area contributed by atoms with Crippen LogP contribution in [0.3, 0.4) is 0 Å². The van der Waals surface area contributed by atoms with Gasteiger partial charge in [-0.05, 0) is 126 Å². The summed E-state index contributed by atoms with van der Waals surface area (Å²) in [6, 6.07) is 4.84. The molecule has 3 N–H and O–H groups in total. The molecular weight excluding hydrogens is 885 g/mol. The maximum Gasteiger partial charge on any atom is 0.329 e. The molecule has 1 aromatic heterocycles. The molecule has 4 aliphatic rings. The normalized spacial score (nSPS) is 35.3. The average molecular weight is 965 g/mol. The Morgan fingerprint density at radius 1 is 0.928 bits per heavy atom. The summed E-state index contributed by atoms with van der Waals surface area (Å²) in [7, 11) is 6.72. The lowest BCUT2D eigenvalue weighted by atomic mass is 9.81. The number of cyclic esters (lactones) is 1. The van der Waals surface area contributed by atoms with Crippen LogP contribution in [-0.2, 0) is 56.3 Å². The molecule has 1 amide bonds. The molecule has 14 unspecified atom stereocenters. The molecule has 1 aromatic carbocycles. The summed E-state index contributed by atoms with van der Waals surface area (Å²) in [4.78, 5) is 58.6. The minimum atomic E-state index is -2.52. The van der Waals surface area contributed by atoms with E-state index in [1.807, 2.05) is 62.9 Å². The number of hydrogen-bond acceptors (Lipinski definition) is 13. The van der Waals surface area contributed by atoms with Gasteiger partial charge in [0, 0.05) is 82.8 Å². The molecule has 1 saturated carbocycles. The summed E-state index contributed by atoms with van der Waals surface area (Å²) in [5.41, 5.74) is 3.76. The Labute approximate surface area is 408 Å². The molecule has 3 aliphatic heterocycles. The van der Waals surface area contributed by atoms with Gasteiger partial charge in [0.05, 0.1) is 24.4 Å². The van der Waals surface area contributed by atoms with Crippen LogP contribution in [0.2, 0.25) is 0 Å². The predicted molar refractivity (Wildman–Crippen MR) is 260 cm³/mol. The smallest absolute Gasteiger partial charge is 0.329 e. The molecule has 14 atom stereocenters. The number of aliphatic hydroxyl groups excluding tert-OH is 2. The van der Waals surface area contributed by atoms with Crippen LogP contribution in [0, 0.1) is 29.6 Å². The number of carbonyl (C=O) groups excluding carboxylic acids is 4. The molecule has 15 heteroatoms. The molecule has 4 heterocycles. The highest BCUT2D eigenvalue weighted by atomic mass is 16.7. The Bertz CT molecular complexity index is 2170. The molecule has 0 radical (unpaired) electrons. The maximum atomic E-state index is 14.6. The van der Waals surface area contributed by atoms with Crippen LogP contribution in [0.1, 0.15) is 118 Å². The van der Waals surface area contributed by atoms with Gasteiger partial charge in [-0.2, -0.15) is 0 Å². The molecule has 2 saturated heterocycles. The Balaban J connectivity index is 1.30. The van der Waals surface area contributed by atoms with E-state index < -0.39 is 77.8 Å². The van der Waals surface area contributed by atoms with Crippen LogP contribution >= 0.6 is 0 Å². The molecule has 6 rings (SSSR count). The molecule has 0 spiro atoms. The van der Waals surface area contributed by atoms with Gasteiger partial charge in [0.25, 0.3) is 11.7 Å². The zero-order valence-electron chi connectivity index (χ0n) is 42.7. The number of aryl methyl sites for hydroxylation is 1. The quantitative estimate of drug-likeness (QED) is 0.132. The van der Waals surface area contributed by atoms with E-state index in [1.54, 1.807) is 21.0 Å². The maximum absolute atomic E-state index is 14.6. The van der Waals surface area contributed by atoms with Gasteiger partial charge in [-0.1, -0.05) is 45.4 Å². The summed E-state index contributed by atoms with van der Waals surface area (Å²) < 4.78 is 39.2. The number of esters is 1. The van der Waals surface area contributed by atoms with Crippen molar-refractivity contribution >= 4 is 34.3 Å². The summed E-state index contributed by atoms with van der Waals surface area (Å²) >= 11 is 0. The Morgan fingerprint density at radius 3 is 2.32 bits per heavy atom. The number of nitrogens with zero attached hydrogens (tertiary/aromatic N) is 2. The molecule has 3 fully saturated rings. The Morgan fingerprint density at radius 2 is 1.64 bits per heavy atom. The minimum Gasteiger partial charge on any atom is -0.488 e. The molecular formula is C54H80N2O13. The lowest BCUT2D eigenvalue weighted by Crippen LogP contribution is -2.64. The van der Waals surface area contributed by atoms with E-state index in [0.717, 1.165) is 28.5 Å². The molecule has 384 valence electrons. The monoisotopic (exact) mass is 965 g/mol. The molecule has 2 aromatic rings. The van der Waals surface area contributed by atoms with Crippen LogP contribution in [0.25, 0.3) is 10.9 Å². The predicted octanol–water partition coefficient (Wildman–Crippen LogP) is 6.59. The molecule has 1 aliphatic carbocycles. The summed E-state index contributed by atoms with van der Waals surface area (Å²) in [5, 5.41) is 34.7. The van der Waals surface area contributed by atoms with Crippen LogP contribution in [-0.4, -0.2) is 137 Å². The van der Waals surface area contributed by atoms with Crippen molar-refractivity contribution in [1.29, 1.82) is 0 Å². The fourth-order valence-electron chi connectivity index (χ4n) is 11.5. The second-order valence-electron chi connectivity index (χ2n) is 20.7. The lowest BCUT2D eigenvalue weighted by molar-refractivity contribution is -0.302. The number of Topliss-reactive ketones (excluding diaryl/α,β-unsaturated/α-hetero) is 2. The number of aliphatic hydroxyl groups is 3. The van der Waals surface area contributed by atoms with Crippen LogP contribution in [0.4, 0.5) is 0 Å². The van der Waals surface area contributed by atoms with Crippen molar-refractivity contribution < 1.29 is 62.9 Å². The van der Waals surface area contributed by atoms with Gasteiger partial charge >= 0.3 is 5.97 Å². The number of methoxy groups -OCH3 is 3. The summed E-state index contributed by atoms with van der Waals surface area (Å²) in [6.07, 6.45) is 6.87. The number of aromatic nitrogens is 1. The Hall–Kier alpha value is -3.96. The third-order valence-corrected chi connectivity index (χ3v) is 15.6. The first kappa shape index (κ1) is 54.4. The number of piperidine rings is 1. The highest BCUT2D eigenvalue weighted by Gasteiger charge is 2.56. The van der Waals surface area contributed by atoms with Crippen molar-refractivity contribution in [2.24, 2.45) is 36.6 Å². The number of rotatable bonds is 10. The second kappa shape index (κ2) is 24.0. The minimum absolute atomic E-state index is 0.0137. The first-order chi connectivity index (χ1) is 32.9. The van der Waals surface area contributed by atoms with E-state index in [2.05, 4.69) is 13.0 Å². The first-order valence-electron chi connectivity index (χ1n) is 25.3. The fourth-order valence-corrected chi connectivity index (χ4v) is 11.5. The van der Waals surface area contributed by atoms with Crippen molar-refractivity contribution in [3.63, 3.8) is 0 Å². The highest BCUT2D eigenvalue weighted by molar-refractivity contribution is 6.39. The van der Waals surface area contributed by atoms with Crippen molar-refractivity contribution in [2.75, 3.05) is 34.5 Å². The zero-order chi connectivity index (χ0) is 50.3. The number of ketones is 2. The molecule has 69 heavy (non-hydrogen) atoms. The molecule has 15 nitrogen and oxygen atoms in total. The van der Waals surface area contributed by atoms with Gasteiger partial charge in [0.1, 0.15) is 35.9 Å². The van der Waals surface area contributed by atoms with Gasteiger partial charge in [-0.3, -0.25) is 14.4 Å². The van der Waals surface area contributed by atoms with E-state index in [-0.39, 0.29) is 62.2 Å². The van der Waals surface area contributed by atoms with Crippen LogP contribution in [0.5, 0.6) is 5.75 Å². The van der Waals surface area contributed by atoms with E-state index >= 15 is 0 Å². The number of fused-ring (bicyclic) bond motifs is 4. The summed E-state index contributed by atoms with van der Waals surface area (Å²) in [5.74, 6) is -6.89. The van der Waals surface area contributed by atoms with Gasteiger partial charge in [-0.25, -0.2) is 4.79 Å². The van der Waals surface area contributed by atoms with E-state index in [1.165, 1.54) is 19.1 Å². The first-order valence-corrected chi connectivity index (χ1v) is 25.3. The topological polar surface area (TPSA) is 193 Å². The largest absolute Gasteiger partial charge is 0.488 e. The molecule has 2 bridgehead atoms. The van der Waals surface area contributed by atoms with Crippen molar-refractivity contribution in [3.8, 4) is 5.75 Å². The standard InChI is InChI=1S/C54H80N2O13/c1-11-37-23-31(2)22-32(3)24-47(65-9)50-48(66-10)26-34(5)54(63,69-50)51(60)52(61)56-20-13-12-14-42(56)53(62)68-49(35(6)43(58)29-44(37)59)33(4)25-36-15-18-45(46(27-36)64-8)67-39-16-17-41-40(28-39)38(19-21-57)30-55(41)7/h16-17,23,25,28,30,32,34-37,42-43,45-50,57-58,63H,11-15,18-22,24,26-27,29H2,1-10H3. The van der Waals surface area contributed by atoms with Gasteiger partial charge < -0.3 is 53.2 Å². The second-order valence-corrected chi connectivity index (χ2v) is 20.7. The number of carbonyl (C=O) groups is 4. The average Bonchev–Trinajstić information content (AvgIpc) is 3.64. The van der Waals surface area contributed by atoms with E-state index in [4.69, 9.17) is 28.4 Å². The number of benzene rings is 1. The fraction of sp³-hybridized carbons (Fsp3) is 0.704. The third kappa shape index (κ3) is 12.4. The highest BCUT2D eigenvalue weighted by Crippen LogP contribution is 2.40. The Kier molecular flexibility index (Phi) is 18.9. The number of ether oxygens (including phenoxy) is 6. The van der Waals surface area contributed by atoms with E-state index in [0.29, 0.717) is 62.7 Å². The van der Waals surface area contributed by atoms with Gasteiger partial charge in [0.2, 0.25) is 5.79 Å². The van der Waals surface area contributed by atoms with E-state index in [9.17, 15) is 34.5 Å². The third-order valence-electron chi connectivity index (χ3n) is 15.6. The zero-order valence-corrected chi connectivity index (χ0v) is 42.7. The lowest BCUT2D eigenvalue weighted by Gasteiger charge is -2.47. The number of allylic oxidation sites excluding steroid dienone is 3. The number of hydrogen-bond donors (Lipinski definition) is 3. The van der Waals surface area contributed by atoms with Crippen molar-refractivity contribution in [2.45, 2.75) is 173 Å². The van der Waals surface area contributed by atoms with Crippen molar-refractivity contribution in [1.82, 2.24) is 9.47 Å². The van der Waals surface area contributed by atoms with Crippen LogP contribution < -0.4 is 4.74 Å². The summed E-state index contributed by atoms with van der Waals surface area (Å²) in [6.45, 7) is 11.4. The van der Waals surface area contributed by atoms with Gasteiger partial charge in [0.15, 0.2) is 0 Å². The van der Waals surface area contributed by atoms with Crippen molar-refractivity contribution in [3.05, 3.63) is 53.3 Å². The van der Waals surface area contributed by atoms with Crippen LogP contribution in [0.15, 0.2) is 47.7 Å². The SMILES string of the molecule is CCC1C=C(C)CC(C)CC(OC)C2OC(O)(C(=O)C(=O)N3CCCCC3C(=O)OC(C(C)=CC3CCC(Oc4ccc5c(c4)c(CCO)cn5C)C(OC)C3)C(C)C(O)CC1=O)C(C)CC2OC.